The fraction of sp³-hybridized carbons (Fsp3) is 1.00. The van der Waals surface area contributed by atoms with Crippen LogP contribution in [0, 0.1) is 5.92 Å². The van der Waals surface area contributed by atoms with Crippen molar-refractivity contribution >= 4 is 0 Å². The van der Waals surface area contributed by atoms with E-state index in [9.17, 15) is 0 Å². The second-order valence-corrected chi connectivity index (χ2v) is 5.71. The molecule has 2 aliphatic rings. The SMILES string of the molecule is CCN(C(C)CC1CCC1)C1CCCNC1. The Hall–Kier alpha value is -0.0800. The lowest BCUT2D eigenvalue weighted by Gasteiger charge is -2.40. The Labute approximate surface area is 101 Å². The van der Waals surface area contributed by atoms with Crippen LogP contribution in [-0.2, 0) is 0 Å². The topological polar surface area (TPSA) is 15.3 Å². The van der Waals surface area contributed by atoms with E-state index in [1.807, 2.05) is 0 Å². The van der Waals surface area contributed by atoms with Gasteiger partial charge in [0.2, 0.25) is 0 Å². The van der Waals surface area contributed by atoms with Gasteiger partial charge >= 0.3 is 0 Å². The summed E-state index contributed by atoms with van der Waals surface area (Å²) >= 11 is 0. The molecule has 1 saturated carbocycles. The Balaban J connectivity index is 1.81. The van der Waals surface area contributed by atoms with Crippen LogP contribution >= 0.6 is 0 Å². The highest BCUT2D eigenvalue weighted by Gasteiger charge is 2.27. The summed E-state index contributed by atoms with van der Waals surface area (Å²) in [7, 11) is 0. The second kappa shape index (κ2) is 6.02. The average molecular weight is 224 g/mol. The fourth-order valence-electron chi connectivity index (χ4n) is 3.39. The van der Waals surface area contributed by atoms with Crippen LogP contribution in [0.2, 0.25) is 0 Å². The quantitative estimate of drug-likeness (QED) is 0.772. The maximum Gasteiger partial charge on any atom is 0.0223 e. The molecule has 0 radical (unpaired) electrons. The molecule has 2 rings (SSSR count). The average Bonchev–Trinajstić information content (AvgIpc) is 2.26. The first kappa shape index (κ1) is 12.4. The van der Waals surface area contributed by atoms with Gasteiger partial charge in [0, 0.05) is 18.6 Å². The minimum Gasteiger partial charge on any atom is -0.315 e. The van der Waals surface area contributed by atoms with Crippen LogP contribution in [0.1, 0.15) is 52.4 Å². The normalized spacial score (nSPS) is 29.1. The number of nitrogens with zero attached hydrogens (tertiary/aromatic N) is 1. The summed E-state index contributed by atoms with van der Waals surface area (Å²) in [6, 6.07) is 1.59. The molecule has 2 nitrogen and oxygen atoms in total. The van der Waals surface area contributed by atoms with Crippen molar-refractivity contribution in [2.24, 2.45) is 5.92 Å². The lowest BCUT2D eigenvalue weighted by molar-refractivity contribution is 0.0988. The third-order valence-electron chi connectivity index (χ3n) is 4.57. The molecule has 0 bridgehead atoms. The summed E-state index contributed by atoms with van der Waals surface area (Å²) in [5.41, 5.74) is 0. The molecule has 0 aromatic carbocycles. The number of hydrogen-bond donors (Lipinski definition) is 1. The number of hydrogen-bond acceptors (Lipinski definition) is 2. The van der Waals surface area contributed by atoms with E-state index in [-0.39, 0.29) is 0 Å². The van der Waals surface area contributed by atoms with Crippen LogP contribution < -0.4 is 5.32 Å². The molecule has 16 heavy (non-hydrogen) atoms. The summed E-state index contributed by atoms with van der Waals surface area (Å²) < 4.78 is 0. The first-order valence-electron chi connectivity index (χ1n) is 7.27. The van der Waals surface area contributed by atoms with Crippen LogP contribution in [0.3, 0.4) is 0 Å². The van der Waals surface area contributed by atoms with Gasteiger partial charge in [0.05, 0.1) is 0 Å². The minimum atomic E-state index is 0.792. The first-order valence-corrected chi connectivity index (χ1v) is 7.27. The smallest absolute Gasteiger partial charge is 0.0223 e. The summed E-state index contributed by atoms with van der Waals surface area (Å²) in [5, 5.41) is 3.54. The maximum absolute atomic E-state index is 3.54. The van der Waals surface area contributed by atoms with Crippen molar-refractivity contribution in [2.45, 2.75) is 64.5 Å². The van der Waals surface area contributed by atoms with E-state index in [1.54, 1.807) is 0 Å². The largest absolute Gasteiger partial charge is 0.315 e. The predicted molar refractivity (Wildman–Crippen MR) is 69.7 cm³/mol. The minimum absolute atomic E-state index is 0.792. The molecule has 0 aromatic rings. The molecule has 2 fully saturated rings. The molecule has 1 saturated heterocycles. The molecule has 2 heteroatoms. The molecular weight excluding hydrogens is 196 g/mol. The fourth-order valence-corrected chi connectivity index (χ4v) is 3.39. The lowest BCUT2D eigenvalue weighted by Crippen LogP contribution is -2.50. The zero-order valence-corrected chi connectivity index (χ0v) is 11.0. The number of nitrogens with one attached hydrogen (secondary N) is 1. The Morgan fingerprint density at radius 3 is 2.56 bits per heavy atom. The van der Waals surface area contributed by atoms with Crippen LogP contribution in [0.15, 0.2) is 0 Å². The summed E-state index contributed by atoms with van der Waals surface area (Å²) in [6.45, 7) is 8.43. The van der Waals surface area contributed by atoms with Crippen LogP contribution in [0.25, 0.3) is 0 Å². The monoisotopic (exact) mass is 224 g/mol. The van der Waals surface area contributed by atoms with E-state index < -0.39 is 0 Å². The highest BCUT2D eigenvalue weighted by molar-refractivity contribution is 4.83. The number of likely N-dealkylation sites (N-methyl/N-ethyl adjacent to an activating group) is 1. The van der Waals surface area contributed by atoms with Gasteiger partial charge in [-0.15, -0.1) is 0 Å². The molecule has 2 atom stereocenters. The van der Waals surface area contributed by atoms with Crippen molar-refractivity contribution in [2.75, 3.05) is 19.6 Å². The van der Waals surface area contributed by atoms with E-state index in [4.69, 9.17) is 0 Å². The van der Waals surface area contributed by atoms with E-state index in [1.165, 1.54) is 58.2 Å². The molecule has 94 valence electrons. The number of rotatable bonds is 5. The van der Waals surface area contributed by atoms with E-state index in [0.29, 0.717) is 0 Å². The van der Waals surface area contributed by atoms with E-state index in [2.05, 4.69) is 24.1 Å². The van der Waals surface area contributed by atoms with Crippen LogP contribution in [-0.4, -0.2) is 36.6 Å². The summed E-state index contributed by atoms with van der Waals surface area (Å²) in [5.74, 6) is 1.04. The van der Waals surface area contributed by atoms with Gasteiger partial charge in [-0.2, -0.15) is 0 Å². The van der Waals surface area contributed by atoms with Gasteiger partial charge in [-0.25, -0.2) is 0 Å². The van der Waals surface area contributed by atoms with E-state index >= 15 is 0 Å². The highest BCUT2D eigenvalue weighted by atomic mass is 15.2. The Bertz CT molecular complexity index is 195. The maximum atomic E-state index is 3.54. The van der Waals surface area contributed by atoms with Gasteiger partial charge in [0.25, 0.3) is 0 Å². The zero-order valence-electron chi connectivity index (χ0n) is 11.0. The molecule has 2 unspecified atom stereocenters. The number of piperidine rings is 1. The van der Waals surface area contributed by atoms with Crippen LogP contribution in [0.5, 0.6) is 0 Å². The van der Waals surface area contributed by atoms with E-state index in [0.717, 1.165) is 18.0 Å². The van der Waals surface area contributed by atoms with Crippen LogP contribution in [0.4, 0.5) is 0 Å². The van der Waals surface area contributed by atoms with Gasteiger partial charge in [-0.05, 0) is 45.2 Å². The molecule has 1 aliphatic heterocycles. The molecule has 0 amide bonds. The van der Waals surface area contributed by atoms with Crippen molar-refractivity contribution in [1.29, 1.82) is 0 Å². The standard InChI is InChI=1S/C14H28N2/c1-3-16(14-8-5-9-15-11-14)12(2)10-13-6-4-7-13/h12-15H,3-11H2,1-2H3. The Morgan fingerprint density at radius 1 is 1.25 bits per heavy atom. The van der Waals surface area contributed by atoms with Gasteiger partial charge < -0.3 is 5.32 Å². The highest BCUT2D eigenvalue weighted by Crippen LogP contribution is 2.32. The summed E-state index contributed by atoms with van der Waals surface area (Å²) in [4.78, 5) is 2.74. The first-order chi connectivity index (χ1) is 7.81. The lowest BCUT2D eigenvalue weighted by atomic mass is 9.80. The molecule has 1 N–H and O–H groups in total. The molecule has 0 aromatic heterocycles. The predicted octanol–water partition coefficient (Wildman–Crippen LogP) is 2.64. The summed E-state index contributed by atoms with van der Waals surface area (Å²) in [6.07, 6.45) is 8.65. The van der Waals surface area contributed by atoms with Crippen molar-refractivity contribution < 1.29 is 0 Å². The molecule has 1 aliphatic carbocycles. The van der Waals surface area contributed by atoms with Gasteiger partial charge in [-0.3, -0.25) is 4.90 Å². The molecule has 0 spiro atoms. The Kier molecular flexibility index (Phi) is 4.66. The zero-order chi connectivity index (χ0) is 11.4. The van der Waals surface area contributed by atoms with Gasteiger partial charge in [-0.1, -0.05) is 26.2 Å². The van der Waals surface area contributed by atoms with Crippen molar-refractivity contribution in [1.82, 2.24) is 10.2 Å². The molecular formula is C14H28N2. The van der Waals surface area contributed by atoms with Crippen molar-refractivity contribution in [3.63, 3.8) is 0 Å². The van der Waals surface area contributed by atoms with Gasteiger partial charge in [0.15, 0.2) is 0 Å². The third-order valence-corrected chi connectivity index (χ3v) is 4.57. The van der Waals surface area contributed by atoms with Crippen molar-refractivity contribution in [3.8, 4) is 0 Å². The second-order valence-electron chi connectivity index (χ2n) is 5.71. The third kappa shape index (κ3) is 2.98. The van der Waals surface area contributed by atoms with Gasteiger partial charge in [0.1, 0.15) is 0 Å². The Morgan fingerprint density at radius 2 is 2.06 bits per heavy atom. The molecule has 1 heterocycles. The van der Waals surface area contributed by atoms with Crippen molar-refractivity contribution in [3.05, 3.63) is 0 Å².